The molecule has 4 N–H and O–H groups in total. The topological polar surface area (TPSA) is 156 Å². The van der Waals surface area contributed by atoms with E-state index in [9.17, 15) is 14.4 Å². The van der Waals surface area contributed by atoms with Crippen molar-refractivity contribution in [2.75, 3.05) is 45.0 Å². The van der Waals surface area contributed by atoms with Gasteiger partial charge in [-0.05, 0) is 31.9 Å². The normalized spacial score (nSPS) is 14.0. The molecule has 38 heavy (non-hydrogen) atoms. The zero-order chi connectivity index (χ0) is 29.7. The summed E-state index contributed by atoms with van der Waals surface area (Å²) in [5, 5.41) is 18.7. The average molecular weight is 543 g/mol. The van der Waals surface area contributed by atoms with Crippen LogP contribution in [0.1, 0.15) is 42.8 Å². The number of carbonyl (C=O) groups is 3. The number of para-hydroxylation sites is 1. The third-order valence-corrected chi connectivity index (χ3v) is 6.82. The van der Waals surface area contributed by atoms with Crippen molar-refractivity contribution in [3.63, 3.8) is 0 Å². The van der Waals surface area contributed by atoms with Crippen LogP contribution in [-0.4, -0.2) is 67.2 Å². The number of thiazole rings is 1. The Labute approximate surface area is 227 Å². The van der Waals surface area contributed by atoms with Gasteiger partial charge in [-0.25, -0.2) is 4.98 Å². The lowest BCUT2D eigenvalue weighted by molar-refractivity contribution is -0.117. The molecule has 0 atom stereocenters. The molecule has 200 valence electrons. The fraction of sp³-hybridized carbons (Fsp3) is 0.360. The molecule has 0 unspecified atom stereocenters. The Morgan fingerprint density at radius 3 is 2.68 bits per heavy atom. The third-order valence-electron chi connectivity index (χ3n) is 5.64. The first-order valence-corrected chi connectivity index (χ1v) is 12.5. The van der Waals surface area contributed by atoms with Crippen molar-refractivity contribution in [2.45, 2.75) is 19.8 Å². The fourth-order valence-corrected chi connectivity index (χ4v) is 4.59. The Hall–Kier alpha value is -4.10. The molecule has 2 aromatic heterocycles. The molecule has 1 aliphatic carbocycles. The highest BCUT2D eigenvalue weighted by Gasteiger charge is 2.30. The average Bonchev–Trinajstić information content (AvgIpc) is 3.69. The van der Waals surface area contributed by atoms with Crippen LogP contribution in [0, 0.1) is 12.8 Å². The van der Waals surface area contributed by atoms with Crippen LogP contribution in [0.5, 0.6) is 5.75 Å². The smallest absolute Gasteiger partial charge is 0.273 e. The molecule has 2 heterocycles. The number of nitrogens with zero attached hydrogens (tertiary/aromatic N) is 3. The SMILES string of the molecule is [2H]C([2H])([2H])NC(=O)c1nnc(NC(=O)C2CC2)cc1Nc1cccc(-c2nc(C)c(C(=O)NCCOC)s2)c1OC. The minimum Gasteiger partial charge on any atom is -0.494 e. The molecule has 0 aliphatic heterocycles. The second-order valence-corrected chi connectivity index (χ2v) is 9.40. The number of aromatic nitrogens is 3. The lowest BCUT2D eigenvalue weighted by Gasteiger charge is -2.16. The molecule has 3 amide bonds. The summed E-state index contributed by atoms with van der Waals surface area (Å²) in [7, 11) is 3.00. The van der Waals surface area contributed by atoms with E-state index in [0.717, 1.165) is 12.8 Å². The van der Waals surface area contributed by atoms with E-state index in [4.69, 9.17) is 13.6 Å². The summed E-state index contributed by atoms with van der Waals surface area (Å²) < 4.78 is 32.9. The zero-order valence-corrected chi connectivity index (χ0v) is 21.8. The largest absolute Gasteiger partial charge is 0.494 e. The maximum atomic E-state index is 12.8. The van der Waals surface area contributed by atoms with Gasteiger partial charge in [-0.1, -0.05) is 6.07 Å². The van der Waals surface area contributed by atoms with Gasteiger partial charge in [0.25, 0.3) is 11.8 Å². The standard InChI is InChI=1S/C25H29N7O5S/c1-13-21(24(35)27-10-11-36-3)38-25(28-13)15-6-5-7-16(20(15)37-4)29-17-12-18(30-22(33)14-8-9-14)31-32-19(17)23(34)26-2/h5-7,12,14H,8-11H2,1-4H3,(H,26,34)(H,27,35)(H2,29,30,31,33)/i2D3. The summed E-state index contributed by atoms with van der Waals surface area (Å²) in [5.41, 5.74) is 1.27. The molecule has 1 aliphatic rings. The van der Waals surface area contributed by atoms with Crippen molar-refractivity contribution in [2.24, 2.45) is 5.92 Å². The van der Waals surface area contributed by atoms with Crippen molar-refractivity contribution in [3.8, 4) is 16.3 Å². The van der Waals surface area contributed by atoms with E-state index in [-0.39, 0.29) is 34.9 Å². The van der Waals surface area contributed by atoms with E-state index in [1.54, 1.807) is 32.2 Å². The Kier molecular flexibility index (Phi) is 7.26. The van der Waals surface area contributed by atoms with Gasteiger partial charge >= 0.3 is 0 Å². The number of rotatable bonds is 11. The van der Waals surface area contributed by atoms with Gasteiger partial charge in [0, 0.05) is 36.7 Å². The minimum atomic E-state index is -2.76. The summed E-state index contributed by atoms with van der Waals surface area (Å²) in [5.74, 6) is -1.15. The molecule has 0 spiro atoms. The first-order valence-electron chi connectivity index (χ1n) is 13.2. The van der Waals surface area contributed by atoms with Crippen LogP contribution in [0.25, 0.3) is 10.6 Å². The van der Waals surface area contributed by atoms with Crippen LogP contribution < -0.4 is 26.0 Å². The van der Waals surface area contributed by atoms with Crippen molar-refractivity contribution in [1.82, 2.24) is 25.8 Å². The summed E-state index contributed by atoms with van der Waals surface area (Å²) in [6.07, 6.45) is 1.56. The number of ether oxygens (including phenoxy) is 2. The molecule has 13 heteroatoms. The molecule has 1 saturated carbocycles. The van der Waals surface area contributed by atoms with E-state index < -0.39 is 12.9 Å². The van der Waals surface area contributed by atoms with E-state index >= 15 is 0 Å². The third kappa shape index (κ3) is 6.06. The molecule has 3 aromatic rings. The van der Waals surface area contributed by atoms with Gasteiger partial charge in [-0.15, -0.1) is 21.5 Å². The van der Waals surface area contributed by atoms with Crippen LogP contribution >= 0.6 is 11.3 Å². The number of hydrogen-bond acceptors (Lipinski definition) is 10. The number of nitrogens with one attached hydrogen (secondary N) is 4. The number of aryl methyl sites for hydroxylation is 1. The van der Waals surface area contributed by atoms with Crippen LogP contribution in [0.2, 0.25) is 0 Å². The molecule has 0 radical (unpaired) electrons. The van der Waals surface area contributed by atoms with Gasteiger partial charge in [0.05, 0.1) is 36.3 Å². The summed E-state index contributed by atoms with van der Waals surface area (Å²) in [6, 6.07) is 6.56. The predicted octanol–water partition coefficient (Wildman–Crippen LogP) is 2.75. The molecule has 0 bridgehead atoms. The Morgan fingerprint density at radius 1 is 1.16 bits per heavy atom. The molecular formula is C25H29N7O5S. The number of hydrogen-bond donors (Lipinski definition) is 4. The molecule has 4 rings (SSSR count). The Bertz CT molecular complexity index is 1460. The van der Waals surface area contributed by atoms with Crippen molar-refractivity contribution < 1.29 is 28.0 Å². The summed E-state index contributed by atoms with van der Waals surface area (Å²) in [4.78, 5) is 42.7. The lowest BCUT2D eigenvalue weighted by atomic mass is 10.1. The zero-order valence-electron chi connectivity index (χ0n) is 24.0. The first kappa shape index (κ1) is 23.0. The van der Waals surface area contributed by atoms with Crippen molar-refractivity contribution in [3.05, 3.63) is 40.5 Å². The van der Waals surface area contributed by atoms with Gasteiger partial charge in [0.15, 0.2) is 17.3 Å². The molecule has 0 saturated heterocycles. The summed E-state index contributed by atoms with van der Waals surface area (Å²) >= 11 is 1.19. The van der Waals surface area contributed by atoms with Crippen molar-refractivity contribution >= 4 is 46.3 Å². The molecule has 1 fully saturated rings. The summed E-state index contributed by atoms with van der Waals surface area (Å²) in [6.45, 7) is -0.301. The van der Waals surface area contributed by atoms with Gasteiger partial charge < -0.3 is 30.7 Å². The molecular weight excluding hydrogens is 510 g/mol. The quantitative estimate of drug-likeness (QED) is 0.268. The Morgan fingerprint density at radius 2 is 1.97 bits per heavy atom. The monoisotopic (exact) mass is 542 g/mol. The van der Waals surface area contributed by atoms with E-state index in [1.165, 1.54) is 24.5 Å². The highest BCUT2D eigenvalue weighted by molar-refractivity contribution is 7.17. The Balaban J connectivity index is 1.68. The van der Waals surface area contributed by atoms with E-state index in [2.05, 4.69) is 31.1 Å². The van der Waals surface area contributed by atoms with Gasteiger partial charge in [0.2, 0.25) is 5.91 Å². The number of methoxy groups -OCH3 is 2. The maximum absolute atomic E-state index is 12.8. The van der Waals surface area contributed by atoms with E-state index in [0.29, 0.717) is 45.7 Å². The van der Waals surface area contributed by atoms with Gasteiger partial charge in [-0.2, -0.15) is 0 Å². The highest BCUT2D eigenvalue weighted by Crippen LogP contribution is 2.40. The highest BCUT2D eigenvalue weighted by atomic mass is 32.1. The van der Waals surface area contributed by atoms with Crippen molar-refractivity contribution in [1.29, 1.82) is 0 Å². The second kappa shape index (κ2) is 12.0. The predicted molar refractivity (Wildman–Crippen MR) is 143 cm³/mol. The number of carbonyl (C=O) groups excluding carboxylic acids is 3. The first-order chi connectivity index (χ1) is 19.5. The lowest BCUT2D eigenvalue weighted by Crippen LogP contribution is -2.26. The molecule has 1 aromatic carbocycles. The number of anilines is 3. The van der Waals surface area contributed by atoms with Gasteiger partial charge in [0.1, 0.15) is 9.88 Å². The van der Waals surface area contributed by atoms with Crippen LogP contribution in [-0.2, 0) is 9.53 Å². The second-order valence-electron chi connectivity index (χ2n) is 8.40. The van der Waals surface area contributed by atoms with E-state index in [1.807, 2.05) is 5.32 Å². The number of benzene rings is 1. The van der Waals surface area contributed by atoms with Crippen LogP contribution in [0.15, 0.2) is 24.3 Å². The number of amides is 3. The maximum Gasteiger partial charge on any atom is 0.273 e. The van der Waals surface area contributed by atoms with Crippen LogP contribution in [0.4, 0.5) is 17.2 Å². The minimum absolute atomic E-state index is 0.0804. The van der Waals surface area contributed by atoms with Crippen LogP contribution in [0.3, 0.4) is 0 Å². The molecule has 12 nitrogen and oxygen atoms in total. The van der Waals surface area contributed by atoms with Gasteiger partial charge in [-0.3, -0.25) is 14.4 Å². The fourth-order valence-electron chi connectivity index (χ4n) is 3.59.